The molecule has 3 aromatic carbocycles. The highest BCUT2D eigenvalue weighted by Gasteiger charge is 2.18. The molecule has 3 aromatic rings. The highest BCUT2D eigenvalue weighted by Crippen LogP contribution is 2.37. The monoisotopic (exact) mass is 389 g/mol. The first-order chi connectivity index (χ1) is 14.2. The zero-order valence-electron chi connectivity index (χ0n) is 16.0. The maximum atomic E-state index is 12.3. The van der Waals surface area contributed by atoms with Crippen LogP contribution in [0.4, 0.5) is 21.9 Å². The van der Waals surface area contributed by atoms with E-state index in [0.717, 1.165) is 36.5 Å². The minimum Gasteiger partial charge on any atom is -0.506 e. The first-order valence-corrected chi connectivity index (χ1v) is 9.90. The minimum atomic E-state index is -0.479. The van der Waals surface area contributed by atoms with E-state index >= 15 is 0 Å². The molecule has 1 aliphatic rings. The lowest BCUT2D eigenvalue weighted by Gasteiger charge is -2.22. The number of benzene rings is 3. The fraction of sp³-hybridized carbons (Fsp3) is 0.261. The Kier molecular flexibility index (Phi) is 5.70. The third kappa shape index (κ3) is 4.54. The number of phenols is 1. The molecule has 148 valence electrons. The Balaban J connectivity index is 1.54. The van der Waals surface area contributed by atoms with E-state index in [-0.39, 0.29) is 11.9 Å². The van der Waals surface area contributed by atoms with Crippen molar-refractivity contribution in [1.29, 1.82) is 0 Å². The molecule has 2 N–H and O–H groups in total. The number of azo groups is 1. The van der Waals surface area contributed by atoms with Crippen LogP contribution in [0.3, 0.4) is 0 Å². The number of carbonyl (C=O) groups excluding carboxylic acids is 1. The molecule has 4 rings (SSSR count). The summed E-state index contributed by atoms with van der Waals surface area (Å²) >= 11 is 0. The Morgan fingerprint density at radius 1 is 0.931 bits per heavy atom. The number of carbonyl (C=O) groups is 1. The van der Waals surface area contributed by atoms with Gasteiger partial charge in [0, 0.05) is 5.39 Å². The molecular formula is C23H23N3O3. The van der Waals surface area contributed by atoms with Crippen LogP contribution in [0, 0.1) is 0 Å². The van der Waals surface area contributed by atoms with Crippen molar-refractivity contribution in [1.82, 2.24) is 0 Å². The quantitative estimate of drug-likeness (QED) is 0.479. The number of nitrogens with zero attached hydrogens (tertiary/aromatic N) is 2. The van der Waals surface area contributed by atoms with E-state index in [1.54, 1.807) is 18.2 Å². The number of nitrogens with one attached hydrogen (secondary N) is 1. The zero-order valence-corrected chi connectivity index (χ0v) is 16.0. The average molecular weight is 389 g/mol. The Labute approximate surface area is 169 Å². The van der Waals surface area contributed by atoms with Crippen LogP contribution in [0.25, 0.3) is 10.8 Å². The molecule has 0 aromatic heterocycles. The number of aromatic hydroxyl groups is 1. The highest BCUT2D eigenvalue weighted by atomic mass is 16.6. The maximum Gasteiger partial charge on any atom is 0.411 e. The van der Waals surface area contributed by atoms with Gasteiger partial charge in [0.15, 0.2) is 0 Å². The fourth-order valence-electron chi connectivity index (χ4n) is 3.59. The lowest BCUT2D eigenvalue weighted by molar-refractivity contribution is 0.0865. The molecule has 1 amide bonds. The number of hydrogen-bond donors (Lipinski definition) is 2. The summed E-state index contributed by atoms with van der Waals surface area (Å²) < 4.78 is 5.53. The van der Waals surface area contributed by atoms with Gasteiger partial charge >= 0.3 is 6.09 Å². The number of ether oxygens (including phenoxy) is 1. The minimum absolute atomic E-state index is 0.0230. The number of rotatable bonds is 4. The summed E-state index contributed by atoms with van der Waals surface area (Å²) in [5.41, 5.74) is 1.39. The van der Waals surface area contributed by atoms with Crippen molar-refractivity contribution in [3.63, 3.8) is 0 Å². The third-order valence-electron chi connectivity index (χ3n) is 5.10. The molecule has 0 aliphatic heterocycles. The summed E-state index contributed by atoms with van der Waals surface area (Å²) in [6.45, 7) is 0. The lowest BCUT2D eigenvalue weighted by Crippen LogP contribution is -2.24. The van der Waals surface area contributed by atoms with Crippen molar-refractivity contribution in [2.24, 2.45) is 10.2 Å². The van der Waals surface area contributed by atoms with Crippen LogP contribution in [-0.2, 0) is 4.74 Å². The molecule has 0 atom stereocenters. The second-order valence-electron chi connectivity index (χ2n) is 7.16. The van der Waals surface area contributed by atoms with E-state index in [9.17, 15) is 9.90 Å². The van der Waals surface area contributed by atoms with E-state index in [4.69, 9.17) is 4.74 Å². The van der Waals surface area contributed by atoms with Crippen LogP contribution in [0.15, 0.2) is 70.9 Å². The number of fused-ring (bicyclic) bond motifs is 1. The summed E-state index contributed by atoms with van der Waals surface area (Å²) in [4.78, 5) is 12.3. The average Bonchev–Trinajstić information content (AvgIpc) is 2.75. The molecule has 6 heteroatoms. The van der Waals surface area contributed by atoms with Crippen LogP contribution in [0.5, 0.6) is 5.75 Å². The predicted molar refractivity (Wildman–Crippen MR) is 113 cm³/mol. The van der Waals surface area contributed by atoms with E-state index in [1.165, 1.54) is 6.42 Å². The normalized spacial score (nSPS) is 14.9. The van der Waals surface area contributed by atoms with Gasteiger partial charge in [-0.3, -0.25) is 5.32 Å². The van der Waals surface area contributed by atoms with Crippen molar-refractivity contribution in [2.45, 2.75) is 38.2 Å². The Morgan fingerprint density at radius 2 is 1.69 bits per heavy atom. The Hall–Kier alpha value is -3.41. The molecule has 0 saturated heterocycles. The molecule has 0 spiro atoms. The molecule has 1 fully saturated rings. The Bertz CT molecular complexity index is 1040. The van der Waals surface area contributed by atoms with Crippen LogP contribution < -0.4 is 5.32 Å². The van der Waals surface area contributed by atoms with Crippen LogP contribution >= 0.6 is 0 Å². The molecule has 0 unspecified atom stereocenters. The van der Waals surface area contributed by atoms with Gasteiger partial charge in [-0.15, -0.1) is 10.2 Å². The Morgan fingerprint density at radius 3 is 2.55 bits per heavy atom. The largest absolute Gasteiger partial charge is 0.506 e. The van der Waals surface area contributed by atoms with Crippen LogP contribution in [0.1, 0.15) is 32.1 Å². The zero-order chi connectivity index (χ0) is 20.1. The van der Waals surface area contributed by atoms with Crippen molar-refractivity contribution in [3.8, 4) is 5.75 Å². The van der Waals surface area contributed by atoms with Crippen LogP contribution in [-0.4, -0.2) is 17.3 Å². The van der Waals surface area contributed by atoms with Gasteiger partial charge in [-0.1, -0.05) is 48.9 Å². The summed E-state index contributed by atoms with van der Waals surface area (Å²) in [5.74, 6) is 0.0506. The first kappa shape index (κ1) is 18.9. The van der Waals surface area contributed by atoms with E-state index < -0.39 is 6.09 Å². The van der Waals surface area contributed by atoms with Gasteiger partial charge < -0.3 is 9.84 Å². The fourth-order valence-corrected chi connectivity index (χ4v) is 3.59. The van der Waals surface area contributed by atoms with Gasteiger partial charge in [-0.25, -0.2) is 4.79 Å². The summed E-state index contributed by atoms with van der Waals surface area (Å²) in [7, 11) is 0. The van der Waals surface area contributed by atoms with Gasteiger partial charge in [0.1, 0.15) is 23.2 Å². The van der Waals surface area contributed by atoms with Gasteiger partial charge in [0.2, 0.25) is 0 Å². The molecule has 6 nitrogen and oxygen atoms in total. The third-order valence-corrected chi connectivity index (χ3v) is 5.10. The predicted octanol–water partition coefficient (Wildman–Crippen LogP) is 6.84. The second-order valence-corrected chi connectivity index (χ2v) is 7.16. The molecule has 0 bridgehead atoms. The van der Waals surface area contributed by atoms with Crippen molar-refractivity contribution >= 4 is 33.9 Å². The van der Waals surface area contributed by atoms with Gasteiger partial charge in [-0.2, -0.15) is 0 Å². The van der Waals surface area contributed by atoms with E-state index in [0.29, 0.717) is 17.1 Å². The summed E-state index contributed by atoms with van der Waals surface area (Å²) in [5, 5.41) is 23.3. The number of anilines is 1. The molecule has 29 heavy (non-hydrogen) atoms. The SMILES string of the molecule is O=C(Nc1ccccc1N=Nc1c(O)ccc2ccccc12)OC1CCCCC1. The second kappa shape index (κ2) is 8.73. The maximum absolute atomic E-state index is 12.3. The van der Waals surface area contributed by atoms with Gasteiger partial charge in [0.05, 0.1) is 5.69 Å². The highest BCUT2D eigenvalue weighted by molar-refractivity contribution is 5.95. The lowest BCUT2D eigenvalue weighted by atomic mass is 9.98. The number of phenolic OH excluding ortho intramolecular Hbond substituents is 1. The van der Waals surface area contributed by atoms with Crippen molar-refractivity contribution < 1.29 is 14.6 Å². The van der Waals surface area contributed by atoms with Gasteiger partial charge in [-0.05, 0) is 49.3 Å². The van der Waals surface area contributed by atoms with Crippen LogP contribution in [0.2, 0.25) is 0 Å². The van der Waals surface area contributed by atoms with Gasteiger partial charge in [0.25, 0.3) is 0 Å². The van der Waals surface area contributed by atoms with Crippen molar-refractivity contribution in [3.05, 3.63) is 60.7 Å². The first-order valence-electron chi connectivity index (χ1n) is 9.90. The topological polar surface area (TPSA) is 83.3 Å². The number of hydrogen-bond acceptors (Lipinski definition) is 5. The summed E-state index contributed by atoms with van der Waals surface area (Å²) in [6.07, 6.45) is 4.71. The molecule has 1 saturated carbocycles. The number of para-hydroxylation sites is 1. The van der Waals surface area contributed by atoms with E-state index in [1.807, 2.05) is 42.5 Å². The smallest absolute Gasteiger partial charge is 0.411 e. The molecular weight excluding hydrogens is 366 g/mol. The molecule has 0 heterocycles. The molecule has 0 radical (unpaired) electrons. The summed E-state index contributed by atoms with van der Waals surface area (Å²) in [6, 6.07) is 18.2. The molecule has 1 aliphatic carbocycles. The van der Waals surface area contributed by atoms with E-state index in [2.05, 4.69) is 15.5 Å². The number of amides is 1. The standard InChI is InChI=1S/C23H23N3O3/c27-21-15-14-16-8-4-5-11-18(16)22(21)26-25-20-13-7-6-12-19(20)24-23(28)29-17-9-2-1-3-10-17/h4-8,11-15,17,27H,1-3,9-10H2,(H,24,28). The van der Waals surface area contributed by atoms with Crippen molar-refractivity contribution in [2.75, 3.05) is 5.32 Å².